The second-order valence-electron chi connectivity index (χ2n) is 8.25. The Labute approximate surface area is 144 Å². The van der Waals surface area contributed by atoms with Crippen LogP contribution in [0.3, 0.4) is 0 Å². The van der Waals surface area contributed by atoms with Gasteiger partial charge in [0.15, 0.2) is 0 Å². The first kappa shape index (κ1) is 17.2. The number of fused-ring (bicyclic) bond motifs is 1. The van der Waals surface area contributed by atoms with Gasteiger partial charge in [-0.25, -0.2) is 4.79 Å². The maximum atomic E-state index is 12.0. The lowest BCUT2D eigenvalue weighted by atomic mass is 9.46. The number of carbonyl (C=O) groups excluding carboxylic acids is 1. The quantitative estimate of drug-likeness (QED) is 0.621. The summed E-state index contributed by atoms with van der Waals surface area (Å²) in [5.74, 6) is -0.398. The minimum absolute atomic E-state index is 0.0379. The standard InChI is InChI=1S/C20H28O4/c1-13-5-8-16-19(2,10-4-11-20(16,3)18(22)23)15(13)7-6-14-9-12-24-17(14)21/h9,15-16H,1,4-8,10-12H2,2-3H3,(H,22,23)/t15-,16-,19-,20+/m0/s1. The minimum atomic E-state index is -0.660. The number of esters is 1. The number of allylic oxidation sites excluding steroid dienone is 1. The summed E-state index contributed by atoms with van der Waals surface area (Å²) in [5.41, 5.74) is 1.32. The molecule has 0 aromatic carbocycles. The number of carboxylic acids is 1. The third kappa shape index (κ3) is 2.60. The molecule has 4 nitrogen and oxygen atoms in total. The molecule has 132 valence electrons. The fourth-order valence-corrected chi connectivity index (χ4v) is 5.64. The highest BCUT2D eigenvalue weighted by Crippen LogP contribution is 2.62. The molecule has 1 heterocycles. The van der Waals surface area contributed by atoms with E-state index in [1.54, 1.807) is 0 Å². The summed E-state index contributed by atoms with van der Waals surface area (Å²) >= 11 is 0. The molecule has 1 aliphatic heterocycles. The molecule has 0 amide bonds. The first-order chi connectivity index (χ1) is 11.3. The Kier molecular flexibility index (Phi) is 4.35. The second-order valence-corrected chi connectivity index (χ2v) is 8.25. The number of rotatable bonds is 4. The van der Waals surface area contributed by atoms with Gasteiger partial charge in [-0.05, 0) is 68.8 Å². The van der Waals surface area contributed by atoms with Gasteiger partial charge in [-0.2, -0.15) is 0 Å². The van der Waals surface area contributed by atoms with Crippen LogP contribution in [-0.2, 0) is 14.3 Å². The molecule has 0 spiro atoms. The third-order valence-corrected chi connectivity index (χ3v) is 7.02. The van der Waals surface area contributed by atoms with Gasteiger partial charge in [0.25, 0.3) is 0 Å². The van der Waals surface area contributed by atoms with Gasteiger partial charge in [-0.1, -0.05) is 25.5 Å². The largest absolute Gasteiger partial charge is 0.481 e. The van der Waals surface area contributed by atoms with Crippen molar-refractivity contribution in [1.82, 2.24) is 0 Å². The number of cyclic esters (lactones) is 1. The van der Waals surface area contributed by atoms with Crippen LogP contribution in [0.15, 0.2) is 23.8 Å². The van der Waals surface area contributed by atoms with Crippen LogP contribution in [0.4, 0.5) is 0 Å². The molecule has 2 saturated carbocycles. The average Bonchev–Trinajstić information content (AvgIpc) is 2.91. The molecule has 1 N–H and O–H groups in total. The summed E-state index contributed by atoms with van der Waals surface area (Å²) in [6.07, 6.45) is 8.01. The summed E-state index contributed by atoms with van der Waals surface area (Å²) in [4.78, 5) is 23.7. The number of carboxylic acid groups (broad SMARTS) is 1. The van der Waals surface area contributed by atoms with Crippen molar-refractivity contribution in [1.29, 1.82) is 0 Å². The van der Waals surface area contributed by atoms with Crippen molar-refractivity contribution < 1.29 is 19.4 Å². The van der Waals surface area contributed by atoms with E-state index in [9.17, 15) is 14.7 Å². The van der Waals surface area contributed by atoms with Crippen LogP contribution < -0.4 is 0 Å². The Morgan fingerprint density at radius 3 is 2.79 bits per heavy atom. The van der Waals surface area contributed by atoms with Crippen LogP contribution in [0.1, 0.15) is 58.8 Å². The van der Waals surface area contributed by atoms with Gasteiger partial charge < -0.3 is 9.84 Å². The topological polar surface area (TPSA) is 63.6 Å². The normalized spacial score (nSPS) is 39.2. The fraction of sp³-hybridized carbons (Fsp3) is 0.700. The lowest BCUT2D eigenvalue weighted by molar-refractivity contribution is -0.164. The van der Waals surface area contributed by atoms with Crippen molar-refractivity contribution in [3.8, 4) is 0 Å². The lowest BCUT2D eigenvalue weighted by Gasteiger charge is -2.57. The molecule has 2 aliphatic carbocycles. The molecule has 0 radical (unpaired) electrons. The summed E-state index contributed by atoms with van der Waals surface area (Å²) < 4.78 is 5.00. The predicted molar refractivity (Wildman–Crippen MR) is 91.3 cm³/mol. The zero-order valence-corrected chi connectivity index (χ0v) is 14.8. The van der Waals surface area contributed by atoms with Crippen LogP contribution in [0.5, 0.6) is 0 Å². The second kappa shape index (κ2) is 6.05. The molecule has 2 fully saturated rings. The van der Waals surface area contributed by atoms with E-state index >= 15 is 0 Å². The Morgan fingerprint density at radius 2 is 2.17 bits per heavy atom. The Hall–Kier alpha value is -1.58. The fourth-order valence-electron chi connectivity index (χ4n) is 5.64. The first-order valence-electron chi connectivity index (χ1n) is 9.06. The van der Waals surface area contributed by atoms with Gasteiger partial charge in [0.2, 0.25) is 0 Å². The van der Waals surface area contributed by atoms with Crippen LogP contribution in [-0.4, -0.2) is 23.7 Å². The zero-order chi connectivity index (χ0) is 17.5. The third-order valence-electron chi connectivity index (χ3n) is 7.02. The van der Waals surface area contributed by atoms with Crippen molar-refractivity contribution in [2.45, 2.75) is 58.8 Å². The Balaban J connectivity index is 1.83. The maximum Gasteiger partial charge on any atom is 0.334 e. The number of hydrogen-bond acceptors (Lipinski definition) is 3. The van der Waals surface area contributed by atoms with Crippen molar-refractivity contribution in [3.63, 3.8) is 0 Å². The van der Waals surface area contributed by atoms with E-state index in [0.717, 1.165) is 44.1 Å². The van der Waals surface area contributed by atoms with Gasteiger partial charge in [-0.3, -0.25) is 4.79 Å². The van der Waals surface area contributed by atoms with Gasteiger partial charge in [0.1, 0.15) is 6.61 Å². The van der Waals surface area contributed by atoms with E-state index < -0.39 is 11.4 Å². The van der Waals surface area contributed by atoms with E-state index in [4.69, 9.17) is 4.74 Å². The molecular formula is C20H28O4. The monoisotopic (exact) mass is 332 g/mol. The van der Waals surface area contributed by atoms with Crippen LogP contribution >= 0.6 is 0 Å². The molecule has 3 aliphatic rings. The van der Waals surface area contributed by atoms with Crippen LogP contribution in [0.25, 0.3) is 0 Å². The highest BCUT2D eigenvalue weighted by Gasteiger charge is 2.57. The molecule has 0 saturated heterocycles. The van der Waals surface area contributed by atoms with Crippen molar-refractivity contribution in [2.75, 3.05) is 6.61 Å². The van der Waals surface area contributed by atoms with Crippen molar-refractivity contribution >= 4 is 11.9 Å². The molecule has 0 unspecified atom stereocenters. The average molecular weight is 332 g/mol. The highest BCUT2D eigenvalue weighted by atomic mass is 16.5. The summed E-state index contributed by atoms with van der Waals surface area (Å²) in [6.45, 7) is 8.88. The van der Waals surface area contributed by atoms with Crippen LogP contribution in [0, 0.1) is 22.7 Å². The lowest BCUT2D eigenvalue weighted by Crippen LogP contribution is -2.53. The van der Waals surface area contributed by atoms with E-state index in [1.807, 2.05) is 13.0 Å². The van der Waals surface area contributed by atoms with Gasteiger partial charge in [-0.15, -0.1) is 0 Å². The van der Waals surface area contributed by atoms with Gasteiger partial charge >= 0.3 is 11.9 Å². The smallest absolute Gasteiger partial charge is 0.334 e. The summed E-state index contributed by atoms with van der Waals surface area (Å²) in [5, 5.41) is 9.85. The van der Waals surface area contributed by atoms with Crippen molar-refractivity contribution in [3.05, 3.63) is 23.8 Å². The molecule has 4 heteroatoms. The molecule has 3 rings (SSSR count). The predicted octanol–water partition coefficient (Wildman–Crippen LogP) is 4.11. The summed E-state index contributed by atoms with van der Waals surface area (Å²) in [6, 6.07) is 0. The van der Waals surface area contributed by atoms with E-state index in [0.29, 0.717) is 13.0 Å². The maximum absolute atomic E-state index is 12.0. The van der Waals surface area contributed by atoms with E-state index in [2.05, 4.69) is 13.5 Å². The minimum Gasteiger partial charge on any atom is -0.481 e. The molecule has 0 bridgehead atoms. The molecular weight excluding hydrogens is 304 g/mol. The molecule has 4 atom stereocenters. The highest BCUT2D eigenvalue weighted by molar-refractivity contribution is 5.90. The summed E-state index contributed by atoms with van der Waals surface area (Å²) in [7, 11) is 0. The molecule has 24 heavy (non-hydrogen) atoms. The van der Waals surface area contributed by atoms with E-state index in [-0.39, 0.29) is 23.2 Å². The number of ether oxygens (including phenoxy) is 1. The van der Waals surface area contributed by atoms with Gasteiger partial charge in [0, 0.05) is 5.57 Å². The number of aliphatic carboxylic acids is 1. The van der Waals surface area contributed by atoms with Gasteiger partial charge in [0.05, 0.1) is 5.41 Å². The van der Waals surface area contributed by atoms with Crippen LogP contribution in [0.2, 0.25) is 0 Å². The Morgan fingerprint density at radius 1 is 1.42 bits per heavy atom. The molecule has 0 aromatic heterocycles. The van der Waals surface area contributed by atoms with Crippen molar-refractivity contribution in [2.24, 2.45) is 22.7 Å². The SMILES string of the molecule is C=C1CC[C@H]2[C@@](C)(CCC[C@@]2(C)C(=O)O)[C@H]1CCC1=CCOC1=O. The number of hydrogen-bond donors (Lipinski definition) is 1. The molecule has 0 aromatic rings. The number of carbonyl (C=O) groups is 2. The first-order valence-corrected chi connectivity index (χ1v) is 9.06. The zero-order valence-electron chi connectivity index (χ0n) is 14.8. The Bertz CT molecular complexity index is 605. The van der Waals surface area contributed by atoms with E-state index in [1.165, 1.54) is 5.57 Å².